The summed E-state index contributed by atoms with van der Waals surface area (Å²) in [5.74, 6) is 0.779. The van der Waals surface area contributed by atoms with Crippen LogP contribution in [0, 0.1) is 0 Å². The van der Waals surface area contributed by atoms with Crippen molar-refractivity contribution in [2.45, 2.75) is 11.3 Å². The van der Waals surface area contributed by atoms with Crippen molar-refractivity contribution in [3.05, 3.63) is 18.2 Å². The monoisotopic (exact) mass is 345 g/mol. The number of benzene rings is 1. The summed E-state index contributed by atoms with van der Waals surface area (Å²) >= 11 is 0. The Balaban J connectivity index is 1.93. The van der Waals surface area contributed by atoms with Crippen LogP contribution in [-0.2, 0) is 14.8 Å². The molecule has 1 aliphatic rings. The molecule has 0 spiro atoms. The van der Waals surface area contributed by atoms with Crippen molar-refractivity contribution in [1.29, 1.82) is 0 Å². The van der Waals surface area contributed by atoms with Gasteiger partial charge < -0.3 is 19.1 Å². The zero-order chi connectivity index (χ0) is 16.7. The van der Waals surface area contributed by atoms with Gasteiger partial charge in [0.05, 0.1) is 34.0 Å². The fourth-order valence-electron chi connectivity index (χ4n) is 2.53. The molecular weight excluding hydrogens is 320 g/mol. The van der Waals surface area contributed by atoms with E-state index in [0.717, 1.165) is 39.3 Å². The van der Waals surface area contributed by atoms with E-state index in [4.69, 9.17) is 14.2 Å². The lowest BCUT2D eigenvalue weighted by Crippen LogP contribution is -3.14. The van der Waals surface area contributed by atoms with Crippen molar-refractivity contribution in [1.82, 2.24) is 4.72 Å². The molecule has 0 radical (unpaired) electrons. The molecule has 7 nitrogen and oxygen atoms in total. The molecule has 130 valence electrons. The molecule has 1 aliphatic heterocycles. The molecule has 0 bridgehead atoms. The molecule has 2 rings (SSSR count). The van der Waals surface area contributed by atoms with E-state index in [9.17, 15) is 8.42 Å². The Morgan fingerprint density at radius 1 is 1.22 bits per heavy atom. The fraction of sp³-hybridized carbons (Fsp3) is 0.600. The van der Waals surface area contributed by atoms with E-state index >= 15 is 0 Å². The van der Waals surface area contributed by atoms with Crippen molar-refractivity contribution >= 4 is 10.0 Å². The minimum Gasteiger partial charge on any atom is -0.497 e. The van der Waals surface area contributed by atoms with Crippen LogP contribution < -0.4 is 19.1 Å². The number of nitrogens with one attached hydrogen (secondary N) is 2. The van der Waals surface area contributed by atoms with Gasteiger partial charge in [0.2, 0.25) is 10.0 Å². The average molecular weight is 345 g/mol. The number of hydrogen-bond acceptors (Lipinski definition) is 5. The number of hydrogen-bond donors (Lipinski definition) is 2. The van der Waals surface area contributed by atoms with E-state index in [1.807, 2.05) is 0 Å². The average Bonchev–Trinajstić information content (AvgIpc) is 2.59. The summed E-state index contributed by atoms with van der Waals surface area (Å²) in [6.07, 6.45) is 0.779. The van der Waals surface area contributed by atoms with E-state index in [-0.39, 0.29) is 4.90 Å². The van der Waals surface area contributed by atoms with Crippen molar-refractivity contribution in [2.24, 2.45) is 0 Å². The van der Waals surface area contributed by atoms with Gasteiger partial charge in [-0.2, -0.15) is 0 Å². The van der Waals surface area contributed by atoms with Crippen LogP contribution in [-0.4, -0.2) is 62.0 Å². The lowest BCUT2D eigenvalue weighted by molar-refractivity contribution is -0.908. The Morgan fingerprint density at radius 2 is 1.96 bits per heavy atom. The number of sulfonamides is 1. The highest BCUT2D eigenvalue weighted by Gasteiger charge is 2.20. The van der Waals surface area contributed by atoms with Crippen molar-refractivity contribution < 1.29 is 27.5 Å². The summed E-state index contributed by atoms with van der Waals surface area (Å²) in [5.41, 5.74) is 0. The molecule has 0 aromatic heterocycles. The molecule has 1 aromatic carbocycles. The largest absolute Gasteiger partial charge is 0.497 e. The zero-order valence-electron chi connectivity index (χ0n) is 13.6. The first kappa shape index (κ1) is 18.0. The van der Waals surface area contributed by atoms with Crippen LogP contribution in [0.1, 0.15) is 6.42 Å². The van der Waals surface area contributed by atoms with Gasteiger partial charge in [0.25, 0.3) is 0 Å². The number of methoxy groups -OCH3 is 2. The lowest BCUT2D eigenvalue weighted by atomic mass is 10.3. The maximum Gasteiger partial charge on any atom is 0.244 e. The third kappa shape index (κ3) is 5.07. The molecule has 2 N–H and O–H groups in total. The van der Waals surface area contributed by atoms with Crippen LogP contribution in [0.5, 0.6) is 11.5 Å². The third-order valence-corrected chi connectivity index (χ3v) is 5.34. The number of quaternary nitrogens is 1. The standard InChI is InChI=1S/C15H24N2O5S/c1-20-13-4-5-14(21-2)15(12-13)23(18,19)16-6-3-7-17-8-10-22-11-9-17/h4-5,12,16H,3,6-11H2,1-2H3/p+1. The molecule has 1 saturated heterocycles. The van der Waals surface area contributed by atoms with Gasteiger partial charge in [-0.25, -0.2) is 13.1 Å². The predicted molar refractivity (Wildman–Crippen MR) is 85.7 cm³/mol. The minimum atomic E-state index is -3.63. The molecule has 0 atom stereocenters. The quantitative estimate of drug-likeness (QED) is 0.609. The molecular formula is C15H25N2O5S+. The van der Waals surface area contributed by atoms with Gasteiger partial charge in [0.1, 0.15) is 29.5 Å². The third-order valence-electron chi connectivity index (χ3n) is 3.86. The topological polar surface area (TPSA) is 78.3 Å². The second-order valence-electron chi connectivity index (χ2n) is 5.38. The van der Waals surface area contributed by atoms with E-state index in [2.05, 4.69) is 4.72 Å². The van der Waals surface area contributed by atoms with Crippen LogP contribution in [0.15, 0.2) is 23.1 Å². The van der Waals surface area contributed by atoms with Gasteiger partial charge in [0, 0.05) is 19.0 Å². The second-order valence-corrected chi connectivity index (χ2v) is 7.12. The molecule has 0 aliphatic carbocycles. The Hall–Kier alpha value is -1.35. The van der Waals surface area contributed by atoms with E-state index in [0.29, 0.717) is 18.0 Å². The normalized spacial score (nSPS) is 16.3. The number of rotatable bonds is 8. The molecule has 8 heteroatoms. The lowest BCUT2D eigenvalue weighted by Gasteiger charge is -2.23. The predicted octanol–water partition coefficient (Wildman–Crippen LogP) is -0.713. The maximum atomic E-state index is 12.5. The number of morpholine rings is 1. The molecule has 1 fully saturated rings. The summed E-state index contributed by atoms with van der Waals surface area (Å²) in [4.78, 5) is 1.55. The highest BCUT2D eigenvalue weighted by atomic mass is 32.2. The van der Waals surface area contributed by atoms with Gasteiger partial charge >= 0.3 is 0 Å². The van der Waals surface area contributed by atoms with Gasteiger partial charge in [0.15, 0.2) is 0 Å². The van der Waals surface area contributed by atoms with Gasteiger partial charge in [-0.05, 0) is 12.1 Å². The van der Waals surface area contributed by atoms with E-state index < -0.39 is 10.0 Å². The molecule has 0 unspecified atom stereocenters. The fourth-order valence-corrected chi connectivity index (χ4v) is 3.78. The van der Waals surface area contributed by atoms with Gasteiger partial charge in [-0.15, -0.1) is 0 Å². The van der Waals surface area contributed by atoms with Crippen molar-refractivity contribution in [2.75, 3.05) is 53.6 Å². The highest BCUT2D eigenvalue weighted by Crippen LogP contribution is 2.27. The molecule has 0 amide bonds. The van der Waals surface area contributed by atoms with Crippen LogP contribution in [0.3, 0.4) is 0 Å². The summed E-state index contributed by atoms with van der Waals surface area (Å²) < 4.78 is 43.1. The first-order chi connectivity index (χ1) is 11.1. The SMILES string of the molecule is COc1ccc(OC)c(S(=O)(=O)NCCC[NH+]2CCOCC2)c1. The molecule has 1 heterocycles. The number of ether oxygens (including phenoxy) is 3. The molecule has 1 aromatic rings. The Kier molecular flexibility index (Phi) is 6.64. The zero-order valence-corrected chi connectivity index (χ0v) is 14.4. The van der Waals surface area contributed by atoms with E-state index in [1.54, 1.807) is 12.1 Å². The van der Waals surface area contributed by atoms with Gasteiger partial charge in [-0.3, -0.25) is 0 Å². The van der Waals surface area contributed by atoms with Crippen LogP contribution in [0.2, 0.25) is 0 Å². The van der Waals surface area contributed by atoms with Crippen LogP contribution in [0.4, 0.5) is 0 Å². The summed E-state index contributed by atoms with van der Waals surface area (Å²) in [5, 5.41) is 0. The first-order valence-corrected chi connectivity index (χ1v) is 9.18. The van der Waals surface area contributed by atoms with Gasteiger partial charge in [-0.1, -0.05) is 0 Å². The smallest absolute Gasteiger partial charge is 0.244 e. The maximum absolute atomic E-state index is 12.5. The summed E-state index contributed by atoms with van der Waals surface area (Å²) in [6.45, 7) is 4.85. The Bertz CT molecular complexity index is 600. The van der Waals surface area contributed by atoms with Crippen molar-refractivity contribution in [3.8, 4) is 11.5 Å². The second kappa shape index (κ2) is 8.49. The van der Waals surface area contributed by atoms with Crippen LogP contribution in [0.25, 0.3) is 0 Å². The van der Waals surface area contributed by atoms with E-state index in [1.165, 1.54) is 25.2 Å². The first-order valence-electron chi connectivity index (χ1n) is 7.70. The molecule has 0 saturated carbocycles. The summed E-state index contributed by atoms with van der Waals surface area (Å²) in [7, 11) is -0.684. The Labute approximate surface area is 137 Å². The molecule has 23 heavy (non-hydrogen) atoms. The highest BCUT2D eigenvalue weighted by molar-refractivity contribution is 7.89. The minimum absolute atomic E-state index is 0.0954. The Morgan fingerprint density at radius 3 is 2.61 bits per heavy atom. The van der Waals surface area contributed by atoms with Crippen molar-refractivity contribution in [3.63, 3.8) is 0 Å². The summed E-state index contributed by atoms with van der Waals surface area (Å²) in [6, 6.07) is 4.72. The van der Waals surface area contributed by atoms with Crippen LogP contribution >= 0.6 is 0 Å².